The Labute approximate surface area is 112 Å². The van der Waals surface area contributed by atoms with Gasteiger partial charge in [0.2, 0.25) is 0 Å². The third-order valence-electron chi connectivity index (χ3n) is 3.15. The monoisotopic (exact) mass is 268 g/mol. The van der Waals surface area contributed by atoms with E-state index in [1.165, 1.54) is 20.3 Å². The van der Waals surface area contributed by atoms with Crippen LogP contribution in [0.15, 0.2) is 12.1 Å². The summed E-state index contributed by atoms with van der Waals surface area (Å²) in [5, 5.41) is 14.3. The fourth-order valence-electron chi connectivity index (χ4n) is 1.96. The third-order valence-corrected chi connectivity index (χ3v) is 3.15. The second-order valence-electron chi connectivity index (χ2n) is 4.19. The van der Waals surface area contributed by atoms with Crippen LogP contribution in [0.4, 0.5) is 5.69 Å². The number of likely N-dealkylation sites (N-methyl/N-ethyl adjacent to an activating group) is 1. The fraction of sp³-hybridized carbons (Fsp3) is 0.538. The van der Waals surface area contributed by atoms with Crippen molar-refractivity contribution in [2.24, 2.45) is 0 Å². The minimum absolute atomic E-state index is 0.0614. The highest BCUT2D eigenvalue weighted by Crippen LogP contribution is 2.35. The van der Waals surface area contributed by atoms with Crippen molar-refractivity contribution >= 4 is 5.69 Å². The van der Waals surface area contributed by atoms with Gasteiger partial charge in [-0.3, -0.25) is 10.1 Å². The van der Waals surface area contributed by atoms with E-state index in [0.29, 0.717) is 23.5 Å². The van der Waals surface area contributed by atoms with Crippen molar-refractivity contribution in [3.05, 3.63) is 27.8 Å². The normalized spacial score (nSPS) is 12.0. The van der Waals surface area contributed by atoms with Crippen LogP contribution < -0.4 is 14.8 Å². The van der Waals surface area contributed by atoms with E-state index >= 15 is 0 Å². The first-order valence-electron chi connectivity index (χ1n) is 6.13. The van der Waals surface area contributed by atoms with Crippen LogP contribution in [-0.2, 0) is 6.42 Å². The molecule has 1 atom stereocenters. The molecule has 0 bridgehead atoms. The Kier molecular flexibility index (Phi) is 5.57. The van der Waals surface area contributed by atoms with Crippen molar-refractivity contribution in [1.82, 2.24) is 5.32 Å². The van der Waals surface area contributed by atoms with Crippen molar-refractivity contribution in [1.29, 1.82) is 0 Å². The van der Waals surface area contributed by atoms with Gasteiger partial charge in [-0.25, -0.2) is 0 Å². The first-order chi connectivity index (χ1) is 9.07. The number of nitrogens with zero attached hydrogens (tertiary/aromatic N) is 1. The van der Waals surface area contributed by atoms with Gasteiger partial charge in [0, 0.05) is 11.6 Å². The molecule has 0 aliphatic rings. The standard InChI is InChI=1S/C13H20N2O4/c1-5-10(14-2)6-9-7-12(18-3)13(19-4)8-11(9)15(16)17/h7-8,10,14H,5-6H2,1-4H3. The van der Waals surface area contributed by atoms with Crippen LogP contribution in [0.25, 0.3) is 0 Å². The lowest BCUT2D eigenvalue weighted by molar-refractivity contribution is -0.385. The van der Waals surface area contributed by atoms with Gasteiger partial charge >= 0.3 is 0 Å². The number of nitro benzene ring substituents is 1. The molecular weight excluding hydrogens is 248 g/mol. The quantitative estimate of drug-likeness (QED) is 0.606. The zero-order valence-corrected chi connectivity index (χ0v) is 11.7. The highest BCUT2D eigenvalue weighted by atomic mass is 16.6. The second kappa shape index (κ2) is 6.94. The van der Waals surface area contributed by atoms with Crippen molar-refractivity contribution in [2.45, 2.75) is 25.8 Å². The number of benzene rings is 1. The summed E-state index contributed by atoms with van der Waals surface area (Å²) >= 11 is 0. The molecule has 0 aliphatic carbocycles. The Morgan fingerprint density at radius 2 is 1.89 bits per heavy atom. The molecule has 0 aliphatic heterocycles. The first-order valence-corrected chi connectivity index (χ1v) is 6.13. The Bertz CT molecular complexity index is 445. The molecule has 0 heterocycles. The SMILES string of the molecule is CCC(Cc1cc(OC)c(OC)cc1[N+](=O)[O-])NC. The van der Waals surface area contributed by atoms with Crippen molar-refractivity contribution in [3.63, 3.8) is 0 Å². The molecule has 106 valence electrons. The predicted octanol–water partition coefficient (Wildman–Crippen LogP) is 2.15. The first kappa shape index (κ1) is 15.2. The third kappa shape index (κ3) is 3.57. The van der Waals surface area contributed by atoms with E-state index in [2.05, 4.69) is 5.32 Å². The summed E-state index contributed by atoms with van der Waals surface area (Å²) in [5.41, 5.74) is 0.704. The molecular formula is C13H20N2O4. The number of ether oxygens (including phenoxy) is 2. The van der Waals surface area contributed by atoms with Crippen molar-refractivity contribution < 1.29 is 14.4 Å². The summed E-state index contributed by atoms with van der Waals surface area (Å²) in [6, 6.07) is 3.28. The lowest BCUT2D eigenvalue weighted by Crippen LogP contribution is -2.26. The molecule has 1 aromatic carbocycles. The molecule has 19 heavy (non-hydrogen) atoms. The smallest absolute Gasteiger partial charge is 0.276 e. The summed E-state index contributed by atoms with van der Waals surface area (Å²) in [4.78, 5) is 10.7. The van der Waals surface area contributed by atoms with Gasteiger partial charge in [0.1, 0.15) is 0 Å². The fourth-order valence-corrected chi connectivity index (χ4v) is 1.96. The number of hydrogen-bond donors (Lipinski definition) is 1. The molecule has 1 aromatic rings. The van der Waals surface area contributed by atoms with E-state index in [4.69, 9.17) is 9.47 Å². The highest BCUT2D eigenvalue weighted by molar-refractivity contribution is 5.54. The van der Waals surface area contributed by atoms with Gasteiger partial charge in [-0.05, 0) is 26.0 Å². The lowest BCUT2D eigenvalue weighted by Gasteiger charge is -2.15. The Balaban J connectivity index is 3.23. The molecule has 0 spiro atoms. The minimum Gasteiger partial charge on any atom is -0.493 e. The average Bonchev–Trinajstić information content (AvgIpc) is 2.43. The summed E-state index contributed by atoms with van der Waals surface area (Å²) in [6.07, 6.45) is 1.46. The van der Waals surface area contributed by atoms with E-state index < -0.39 is 0 Å². The number of nitro groups is 1. The van der Waals surface area contributed by atoms with Gasteiger partial charge in [0.25, 0.3) is 5.69 Å². The van der Waals surface area contributed by atoms with E-state index in [1.807, 2.05) is 14.0 Å². The Morgan fingerprint density at radius 1 is 1.32 bits per heavy atom. The van der Waals surface area contributed by atoms with Gasteiger partial charge in [-0.1, -0.05) is 6.92 Å². The van der Waals surface area contributed by atoms with E-state index in [-0.39, 0.29) is 16.7 Å². The Morgan fingerprint density at radius 3 is 2.32 bits per heavy atom. The second-order valence-corrected chi connectivity index (χ2v) is 4.19. The van der Waals surface area contributed by atoms with Crippen molar-refractivity contribution in [3.8, 4) is 11.5 Å². The number of rotatable bonds is 7. The molecule has 1 unspecified atom stereocenters. The Hall–Kier alpha value is -1.82. The van der Waals surface area contributed by atoms with Crippen LogP contribution in [0.1, 0.15) is 18.9 Å². The average molecular weight is 268 g/mol. The lowest BCUT2D eigenvalue weighted by atomic mass is 10.0. The maximum absolute atomic E-state index is 11.1. The molecule has 6 nitrogen and oxygen atoms in total. The summed E-state index contributed by atoms with van der Waals surface area (Å²) in [6.45, 7) is 2.04. The zero-order chi connectivity index (χ0) is 14.4. The molecule has 6 heteroatoms. The van der Waals surface area contributed by atoms with E-state index in [1.54, 1.807) is 6.07 Å². The number of methoxy groups -OCH3 is 2. The minimum atomic E-state index is -0.389. The molecule has 1 rings (SSSR count). The molecule has 0 radical (unpaired) electrons. The number of hydrogen-bond acceptors (Lipinski definition) is 5. The molecule has 1 N–H and O–H groups in total. The maximum Gasteiger partial charge on any atom is 0.276 e. The predicted molar refractivity (Wildman–Crippen MR) is 73.0 cm³/mol. The van der Waals surface area contributed by atoms with Gasteiger partial charge < -0.3 is 14.8 Å². The molecule has 0 saturated carbocycles. The summed E-state index contributed by atoms with van der Waals surface area (Å²) < 4.78 is 10.3. The van der Waals surface area contributed by atoms with Crippen LogP contribution in [0.2, 0.25) is 0 Å². The largest absolute Gasteiger partial charge is 0.493 e. The van der Waals surface area contributed by atoms with Crippen molar-refractivity contribution in [2.75, 3.05) is 21.3 Å². The highest BCUT2D eigenvalue weighted by Gasteiger charge is 2.21. The van der Waals surface area contributed by atoms with Gasteiger partial charge in [-0.15, -0.1) is 0 Å². The molecule has 0 saturated heterocycles. The topological polar surface area (TPSA) is 73.6 Å². The van der Waals surface area contributed by atoms with Gasteiger partial charge in [-0.2, -0.15) is 0 Å². The van der Waals surface area contributed by atoms with Crippen LogP contribution in [0, 0.1) is 10.1 Å². The van der Waals surface area contributed by atoms with Gasteiger partial charge in [0.05, 0.1) is 25.2 Å². The molecule has 0 fully saturated rings. The van der Waals surface area contributed by atoms with Crippen LogP contribution >= 0.6 is 0 Å². The maximum atomic E-state index is 11.1. The summed E-state index contributed by atoms with van der Waals surface area (Å²) in [5.74, 6) is 0.879. The van der Waals surface area contributed by atoms with Crippen LogP contribution in [-0.4, -0.2) is 32.2 Å². The summed E-state index contributed by atoms with van der Waals surface area (Å²) in [7, 11) is 4.83. The van der Waals surface area contributed by atoms with E-state index in [0.717, 1.165) is 6.42 Å². The number of nitrogens with one attached hydrogen (secondary N) is 1. The van der Waals surface area contributed by atoms with Crippen LogP contribution in [0.3, 0.4) is 0 Å². The molecule has 0 amide bonds. The molecule has 0 aromatic heterocycles. The van der Waals surface area contributed by atoms with Crippen LogP contribution in [0.5, 0.6) is 11.5 Å². The zero-order valence-electron chi connectivity index (χ0n) is 11.7. The van der Waals surface area contributed by atoms with Gasteiger partial charge in [0.15, 0.2) is 11.5 Å². The van der Waals surface area contributed by atoms with E-state index in [9.17, 15) is 10.1 Å².